The second-order valence-corrected chi connectivity index (χ2v) is 5.58. The number of rotatable bonds is 4. The molecule has 0 bridgehead atoms. The van der Waals surface area contributed by atoms with E-state index in [1.807, 2.05) is 37.8 Å². The summed E-state index contributed by atoms with van der Waals surface area (Å²) in [5, 5.41) is 17.0. The number of carboxylic acids is 1. The normalized spacial score (nSPS) is 27.9. The minimum Gasteiger partial charge on any atom is -0.480 e. The Bertz CT molecular complexity index is 441. The van der Waals surface area contributed by atoms with Crippen LogP contribution in [0.5, 0.6) is 0 Å². The van der Waals surface area contributed by atoms with Gasteiger partial charge < -0.3 is 5.11 Å². The molecule has 1 fully saturated rings. The van der Waals surface area contributed by atoms with Crippen LogP contribution in [0.15, 0.2) is 12.4 Å². The quantitative estimate of drug-likeness (QED) is 0.855. The fraction of sp³-hybridized carbons (Fsp3) is 0.692. The number of aliphatic carboxylic acids is 1. The van der Waals surface area contributed by atoms with Gasteiger partial charge in [0.15, 0.2) is 0 Å². The molecule has 1 aliphatic carbocycles. The lowest BCUT2D eigenvalue weighted by atomic mass is 9.96. The van der Waals surface area contributed by atoms with Crippen LogP contribution in [0.1, 0.15) is 44.7 Å². The number of carboxylic acid groups (broad SMARTS) is 1. The van der Waals surface area contributed by atoms with Crippen LogP contribution in [0, 0.1) is 6.92 Å². The van der Waals surface area contributed by atoms with Crippen LogP contribution < -0.4 is 5.32 Å². The molecule has 1 aromatic rings. The molecule has 5 heteroatoms. The molecule has 0 aromatic carbocycles. The molecule has 1 heterocycles. The predicted molar refractivity (Wildman–Crippen MR) is 68.5 cm³/mol. The Morgan fingerprint density at radius 2 is 2.39 bits per heavy atom. The summed E-state index contributed by atoms with van der Waals surface area (Å²) >= 11 is 0. The SMILES string of the molecule is Cc1cnn(C2CCC(NC(C)C)(C(=O)O)C2)c1. The topological polar surface area (TPSA) is 67.2 Å². The zero-order chi connectivity index (χ0) is 13.3. The van der Waals surface area contributed by atoms with Crippen LogP contribution in [0.4, 0.5) is 0 Å². The minimum absolute atomic E-state index is 0.166. The molecule has 1 aromatic heterocycles. The van der Waals surface area contributed by atoms with Crippen LogP contribution >= 0.6 is 0 Å². The molecule has 18 heavy (non-hydrogen) atoms. The number of aromatic nitrogens is 2. The van der Waals surface area contributed by atoms with Gasteiger partial charge in [0.05, 0.1) is 12.2 Å². The van der Waals surface area contributed by atoms with Gasteiger partial charge in [-0.25, -0.2) is 0 Å². The summed E-state index contributed by atoms with van der Waals surface area (Å²) in [7, 11) is 0. The molecule has 2 atom stereocenters. The van der Waals surface area contributed by atoms with Crippen molar-refractivity contribution >= 4 is 5.97 Å². The molecule has 5 nitrogen and oxygen atoms in total. The third kappa shape index (κ3) is 2.41. The monoisotopic (exact) mass is 251 g/mol. The fourth-order valence-electron chi connectivity index (χ4n) is 2.82. The summed E-state index contributed by atoms with van der Waals surface area (Å²) in [4.78, 5) is 11.5. The second-order valence-electron chi connectivity index (χ2n) is 5.58. The molecule has 1 saturated carbocycles. The fourth-order valence-corrected chi connectivity index (χ4v) is 2.82. The van der Waals surface area contributed by atoms with E-state index in [9.17, 15) is 9.90 Å². The molecular formula is C13H21N3O2. The number of nitrogens with zero attached hydrogens (tertiary/aromatic N) is 2. The highest BCUT2D eigenvalue weighted by Crippen LogP contribution is 2.38. The highest BCUT2D eigenvalue weighted by molar-refractivity contribution is 5.79. The van der Waals surface area contributed by atoms with Gasteiger partial charge in [0.25, 0.3) is 0 Å². The van der Waals surface area contributed by atoms with E-state index in [1.54, 1.807) is 0 Å². The van der Waals surface area contributed by atoms with Crippen LogP contribution in [0.25, 0.3) is 0 Å². The van der Waals surface area contributed by atoms with Crippen molar-refractivity contribution in [2.45, 2.75) is 57.7 Å². The Balaban J connectivity index is 2.15. The zero-order valence-corrected chi connectivity index (χ0v) is 11.2. The second kappa shape index (κ2) is 4.72. The van der Waals surface area contributed by atoms with Gasteiger partial charge in [0.1, 0.15) is 5.54 Å². The predicted octanol–water partition coefficient (Wildman–Crippen LogP) is 1.74. The van der Waals surface area contributed by atoms with Crippen LogP contribution in [-0.4, -0.2) is 32.4 Å². The van der Waals surface area contributed by atoms with E-state index in [-0.39, 0.29) is 12.1 Å². The first-order valence-corrected chi connectivity index (χ1v) is 6.45. The summed E-state index contributed by atoms with van der Waals surface area (Å²) in [5.74, 6) is -0.748. The first kappa shape index (κ1) is 13.1. The van der Waals surface area contributed by atoms with Crippen molar-refractivity contribution in [3.63, 3.8) is 0 Å². The van der Waals surface area contributed by atoms with Gasteiger partial charge in [0.2, 0.25) is 0 Å². The Labute approximate surface area is 107 Å². The van der Waals surface area contributed by atoms with Crippen LogP contribution in [-0.2, 0) is 4.79 Å². The van der Waals surface area contributed by atoms with Crippen molar-refractivity contribution in [3.05, 3.63) is 18.0 Å². The Kier molecular flexibility index (Phi) is 3.43. The molecular weight excluding hydrogens is 230 g/mol. The van der Waals surface area contributed by atoms with Gasteiger partial charge in [-0.2, -0.15) is 5.10 Å². The Morgan fingerprint density at radius 3 is 2.89 bits per heavy atom. The Morgan fingerprint density at radius 1 is 1.67 bits per heavy atom. The van der Waals surface area contributed by atoms with E-state index in [0.717, 1.165) is 12.0 Å². The molecule has 0 radical (unpaired) electrons. The van der Waals surface area contributed by atoms with E-state index < -0.39 is 11.5 Å². The minimum atomic E-state index is -0.793. The summed E-state index contributed by atoms with van der Waals surface area (Å²) in [6.07, 6.45) is 5.91. The van der Waals surface area contributed by atoms with Crippen molar-refractivity contribution < 1.29 is 9.90 Å². The number of aryl methyl sites for hydroxylation is 1. The standard InChI is InChI=1S/C13H21N3O2/c1-9(2)15-13(12(17)18)5-4-11(6-13)16-8-10(3)7-14-16/h7-9,11,15H,4-6H2,1-3H3,(H,17,18). The maximum atomic E-state index is 11.5. The maximum absolute atomic E-state index is 11.5. The molecule has 0 aliphatic heterocycles. The van der Waals surface area contributed by atoms with Crippen molar-refractivity contribution in [2.24, 2.45) is 0 Å². The third-order valence-electron chi connectivity index (χ3n) is 3.57. The summed E-state index contributed by atoms with van der Waals surface area (Å²) in [6.45, 7) is 5.96. The summed E-state index contributed by atoms with van der Waals surface area (Å²) in [5.41, 5.74) is 0.318. The van der Waals surface area contributed by atoms with Gasteiger partial charge in [0, 0.05) is 12.2 Å². The maximum Gasteiger partial charge on any atom is 0.323 e. The molecule has 1 aliphatic rings. The lowest BCUT2D eigenvalue weighted by Crippen LogP contribution is -2.53. The highest BCUT2D eigenvalue weighted by atomic mass is 16.4. The van der Waals surface area contributed by atoms with E-state index in [2.05, 4.69) is 10.4 Å². The Hall–Kier alpha value is -1.36. The van der Waals surface area contributed by atoms with Crippen LogP contribution in [0.3, 0.4) is 0 Å². The average molecular weight is 251 g/mol. The number of hydrogen-bond acceptors (Lipinski definition) is 3. The molecule has 0 saturated heterocycles. The number of carbonyl (C=O) groups is 1. The summed E-state index contributed by atoms with van der Waals surface area (Å²) < 4.78 is 1.90. The van der Waals surface area contributed by atoms with Crippen molar-refractivity contribution in [3.8, 4) is 0 Å². The first-order valence-electron chi connectivity index (χ1n) is 6.45. The van der Waals surface area contributed by atoms with Crippen LogP contribution in [0.2, 0.25) is 0 Å². The van der Waals surface area contributed by atoms with Gasteiger partial charge in [-0.1, -0.05) is 0 Å². The molecule has 2 unspecified atom stereocenters. The highest BCUT2D eigenvalue weighted by Gasteiger charge is 2.46. The van der Waals surface area contributed by atoms with Gasteiger partial charge in [-0.3, -0.25) is 14.8 Å². The molecule has 2 N–H and O–H groups in total. The van der Waals surface area contributed by atoms with Crippen molar-refractivity contribution in [1.29, 1.82) is 0 Å². The first-order chi connectivity index (χ1) is 8.43. The molecule has 0 spiro atoms. The smallest absolute Gasteiger partial charge is 0.323 e. The summed E-state index contributed by atoms with van der Waals surface area (Å²) in [6, 6.07) is 0.347. The van der Waals surface area contributed by atoms with Gasteiger partial charge >= 0.3 is 5.97 Å². The zero-order valence-electron chi connectivity index (χ0n) is 11.2. The lowest BCUT2D eigenvalue weighted by Gasteiger charge is -2.28. The third-order valence-corrected chi connectivity index (χ3v) is 3.57. The van der Waals surface area contributed by atoms with Crippen molar-refractivity contribution in [2.75, 3.05) is 0 Å². The van der Waals surface area contributed by atoms with Crippen molar-refractivity contribution in [1.82, 2.24) is 15.1 Å². The average Bonchev–Trinajstić information content (AvgIpc) is 2.84. The van der Waals surface area contributed by atoms with E-state index in [4.69, 9.17) is 0 Å². The van der Waals surface area contributed by atoms with Gasteiger partial charge in [-0.15, -0.1) is 0 Å². The molecule has 2 rings (SSSR count). The largest absolute Gasteiger partial charge is 0.480 e. The molecule has 100 valence electrons. The number of hydrogen-bond donors (Lipinski definition) is 2. The van der Waals surface area contributed by atoms with Gasteiger partial charge in [-0.05, 0) is 45.6 Å². The number of nitrogens with one attached hydrogen (secondary N) is 1. The molecule has 0 amide bonds. The van der Waals surface area contributed by atoms with E-state index >= 15 is 0 Å². The van der Waals surface area contributed by atoms with E-state index in [1.165, 1.54) is 0 Å². The lowest BCUT2D eigenvalue weighted by molar-refractivity contribution is -0.145. The van der Waals surface area contributed by atoms with E-state index in [0.29, 0.717) is 12.8 Å².